The minimum Gasteiger partial charge on any atom is -0.496 e. The third-order valence-electron chi connectivity index (χ3n) is 2.94. The number of carbonyl (C=O) groups excluding carboxylic acids is 1. The minimum atomic E-state index is -1.13. The van der Waals surface area contributed by atoms with Gasteiger partial charge >= 0.3 is 11.9 Å². The number of fused-ring (bicyclic) bond motifs is 1. The van der Waals surface area contributed by atoms with E-state index < -0.39 is 18.0 Å². The summed E-state index contributed by atoms with van der Waals surface area (Å²) in [6.07, 6.45) is 0.311. The van der Waals surface area contributed by atoms with E-state index in [9.17, 15) is 9.59 Å². The molecule has 0 saturated carbocycles. The van der Waals surface area contributed by atoms with Crippen molar-refractivity contribution < 1.29 is 24.2 Å². The first-order valence-electron chi connectivity index (χ1n) is 5.36. The van der Waals surface area contributed by atoms with Crippen molar-refractivity contribution in [3.63, 3.8) is 0 Å². The first-order chi connectivity index (χ1) is 8.45. The summed E-state index contributed by atoms with van der Waals surface area (Å²) in [7, 11) is 1.39. The fourth-order valence-corrected chi connectivity index (χ4v) is 2.05. The number of rotatable bonds is 2. The Bertz CT molecular complexity index is 538. The summed E-state index contributed by atoms with van der Waals surface area (Å²) in [6.45, 7) is 1.58. The van der Waals surface area contributed by atoms with E-state index in [-0.39, 0.29) is 17.1 Å². The van der Waals surface area contributed by atoms with Crippen molar-refractivity contribution in [2.75, 3.05) is 7.11 Å². The average Bonchev–Trinajstić information content (AvgIpc) is 2.30. The molecule has 3 N–H and O–H groups in total. The molecule has 0 aromatic heterocycles. The van der Waals surface area contributed by atoms with Crippen LogP contribution in [0.2, 0.25) is 0 Å². The molecule has 6 heteroatoms. The molecule has 0 amide bonds. The van der Waals surface area contributed by atoms with Gasteiger partial charge in [-0.2, -0.15) is 0 Å². The molecule has 1 aliphatic heterocycles. The van der Waals surface area contributed by atoms with Crippen LogP contribution in [0.3, 0.4) is 0 Å². The largest absolute Gasteiger partial charge is 0.496 e. The van der Waals surface area contributed by atoms with Gasteiger partial charge in [0, 0.05) is 17.5 Å². The summed E-state index contributed by atoms with van der Waals surface area (Å²) in [4.78, 5) is 22.6. The molecule has 1 heterocycles. The molecule has 1 atom stereocenters. The highest BCUT2D eigenvalue weighted by molar-refractivity contribution is 5.95. The molecule has 0 saturated heterocycles. The Morgan fingerprint density at radius 2 is 2.28 bits per heavy atom. The fraction of sp³-hybridized carbons (Fsp3) is 0.333. The van der Waals surface area contributed by atoms with Crippen LogP contribution in [0.25, 0.3) is 0 Å². The molecule has 96 valence electrons. The molecule has 0 aliphatic carbocycles. The number of methoxy groups -OCH3 is 1. The second kappa shape index (κ2) is 4.30. The lowest BCUT2D eigenvalue weighted by atomic mass is 9.95. The summed E-state index contributed by atoms with van der Waals surface area (Å²) in [5, 5.41) is 9.15. The van der Waals surface area contributed by atoms with Crippen molar-refractivity contribution in [1.82, 2.24) is 0 Å². The lowest BCUT2D eigenvalue weighted by Crippen LogP contribution is -2.40. The number of ether oxygens (including phenoxy) is 2. The van der Waals surface area contributed by atoms with E-state index in [1.165, 1.54) is 7.11 Å². The highest BCUT2D eigenvalue weighted by Gasteiger charge is 2.30. The topological polar surface area (TPSA) is 98.9 Å². The number of esters is 1. The zero-order chi connectivity index (χ0) is 13.4. The first kappa shape index (κ1) is 12.4. The van der Waals surface area contributed by atoms with Gasteiger partial charge in [0.05, 0.1) is 7.11 Å². The molecule has 18 heavy (non-hydrogen) atoms. The summed E-state index contributed by atoms with van der Waals surface area (Å²) in [5.74, 6) is -1.16. The number of carboxylic acids is 1. The molecule has 0 fully saturated rings. The van der Waals surface area contributed by atoms with Crippen molar-refractivity contribution in [1.29, 1.82) is 0 Å². The average molecular weight is 251 g/mol. The number of benzene rings is 1. The second-order valence-electron chi connectivity index (χ2n) is 4.10. The van der Waals surface area contributed by atoms with Crippen LogP contribution < -0.4 is 15.2 Å². The van der Waals surface area contributed by atoms with E-state index >= 15 is 0 Å². The summed E-state index contributed by atoms with van der Waals surface area (Å²) in [5.41, 5.74) is 6.65. The molecule has 1 unspecified atom stereocenters. The molecule has 1 aromatic rings. The highest BCUT2D eigenvalue weighted by atomic mass is 16.5. The van der Waals surface area contributed by atoms with Gasteiger partial charge in [0.1, 0.15) is 23.1 Å². The van der Waals surface area contributed by atoms with E-state index in [0.29, 0.717) is 17.5 Å². The molecular formula is C12H13NO5. The van der Waals surface area contributed by atoms with Gasteiger partial charge < -0.3 is 20.3 Å². The Morgan fingerprint density at radius 1 is 1.61 bits per heavy atom. The van der Waals surface area contributed by atoms with Crippen molar-refractivity contribution in [3.05, 3.63) is 22.8 Å². The van der Waals surface area contributed by atoms with Crippen LogP contribution >= 0.6 is 0 Å². The maximum atomic E-state index is 11.4. The first-order valence-corrected chi connectivity index (χ1v) is 5.36. The Kier molecular flexibility index (Phi) is 2.96. The standard InChI is InChI=1S/C12H13NO5/c1-5-9(11(14)15)8(17-2)4-6-3-7(13)12(16)18-10(5)6/h4,7H,3,13H2,1-2H3,(H,14,15). The Hall–Kier alpha value is -2.08. The van der Waals surface area contributed by atoms with Crippen LogP contribution in [0.5, 0.6) is 11.5 Å². The predicted octanol–water partition coefficient (Wildman–Crippen LogP) is 0.491. The third-order valence-corrected chi connectivity index (χ3v) is 2.94. The zero-order valence-electron chi connectivity index (χ0n) is 10.0. The smallest absolute Gasteiger partial charge is 0.339 e. The van der Waals surface area contributed by atoms with Crippen molar-refractivity contribution in [3.8, 4) is 11.5 Å². The van der Waals surface area contributed by atoms with Crippen LogP contribution in [0.4, 0.5) is 0 Å². The lowest BCUT2D eigenvalue weighted by molar-refractivity contribution is -0.136. The number of nitrogens with two attached hydrogens (primary N) is 1. The van der Waals surface area contributed by atoms with E-state index in [4.69, 9.17) is 20.3 Å². The Morgan fingerprint density at radius 3 is 2.83 bits per heavy atom. The van der Waals surface area contributed by atoms with E-state index in [2.05, 4.69) is 0 Å². The van der Waals surface area contributed by atoms with E-state index in [1.54, 1.807) is 13.0 Å². The molecule has 0 radical (unpaired) electrons. The number of aromatic carboxylic acids is 1. The fourth-order valence-electron chi connectivity index (χ4n) is 2.05. The van der Waals surface area contributed by atoms with Gasteiger partial charge in [0.25, 0.3) is 0 Å². The van der Waals surface area contributed by atoms with Crippen molar-refractivity contribution >= 4 is 11.9 Å². The molecule has 1 aliphatic rings. The molecule has 0 spiro atoms. The minimum absolute atomic E-state index is 0.000443. The summed E-state index contributed by atoms with van der Waals surface area (Å²) < 4.78 is 10.1. The van der Waals surface area contributed by atoms with Crippen molar-refractivity contribution in [2.45, 2.75) is 19.4 Å². The number of carbonyl (C=O) groups is 2. The molecule has 1 aromatic carbocycles. The second-order valence-corrected chi connectivity index (χ2v) is 4.10. The quantitative estimate of drug-likeness (QED) is 0.586. The normalized spacial score (nSPS) is 17.9. The summed E-state index contributed by atoms with van der Waals surface area (Å²) >= 11 is 0. The molecule has 6 nitrogen and oxygen atoms in total. The summed E-state index contributed by atoms with van der Waals surface area (Å²) in [6, 6.07) is 0.829. The number of hydrogen-bond acceptors (Lipinski definition) is 5. The van der Waals surface area contributed by atoms with Gasteiger partial charge in [-0.3, -0.25) is 0 Å². The van der Waals surface area contributed by atoms with E-state index in [0.717, 1.165) is 0 Å². The number of hydrogen-bond donors (Lipinski definition) is 2. The van der Waals surface area contributed by atoms with Gasteiger partial charge in [-0.05, 0) is 13.0 Å². The monoisotopic (exact) mass is 251 g/mol. The highest BCUT2D eigenvalue weighted by Crippen LogP contribution is 2.36. The Labute approximate surface area is 103 Å². The van der Waals surface area contributed by atoms with Crippen molar-refractivity contribution in [2.24, 2.45) is 5.73 Å². The lowest BCUT2D eigenvalue weighted by Gasteiger charge is -2.24. The van der Waals surface area contributed by atoms with Gasteiger partial charge in [-0.25, -0.2) is 9.59 Å². The molecular weight excluding hydrogens is 238 g/mol. The third kappa shape index (κ3) is 1.80. The predicted molar refractivity (Wildman–Crippen MR) is 62.0 cm³/mol. The van der Waals surface area contributed by atoms with Gasteiger partial charge in [0.2, 0.25) is 0 Å². The maximum absolute atomic E-state index is 11.4. The van der Waals surface area contributed by atoms with Crippen LogP contribution in [0.1, 0.15) is 21.5 Å². The van der Waals surface area contributed by atoms with Gasteiger partial charge in [0.15, 0.2) is 0 Å². The van der Waals surface area contributed by atoms with Crippen LogP contribution in [0.15, 0.2) is 6.07 Å². The van der Waals surface area contributed by atoms with Crippen LogP contribution in [-0.2, 0) is 11.2 Å². The SMILES string of the molecule is COc1cc2c(c(C)c1C(=O)O)OC(=O)C(N)C2. The van der Waals surface area contributed by atoms with Crippen LogP contribution in [-0.4, -0.2) is 30.2 Å². The zero-order valence-corrected chi connectivity index (χ0v) is 10.0. The molecule has 2 rings (SSSR count). The number of carboxylic acid groups (broad SMARTS) is 1. The van der Waals surface area contributed by atoms with Gasteiger partial charge in [-0.1, -0.05) is 0 Å². The Balaban J connectivity index is 2.65. The molecule has 0 bridgehead atoms. The van der Waals surface area contributed by atoms with E-state index in [1.807, 2.05) is 0 Å². The maximum Gasteiger partial charge on any atom is 0.339 e. The van der Waals surface area contributed by atoms with Crippen LogP contribution in [0, 0.1) is 6.92 Å². The van der Waals surface area contributed by atoms with Gasteiger partial charge in [-0.15, -0.1) is 0 Å².